The molecule has 0 unspecified atom stereocenters. The Morgan fingerprint density at radius 2 is 1.92 bits per heavy atom. The lowest BCUT2D eigenvalue weighted by Crippen LogP contribution is -2.38. The highest BCUT2D eigenvalue weighted by Crippen LogP contribution is 2.21. The van der Waals surface area contributed by atoms with Crippen LogP contribution in [0.1, 0.15) is 19.7 Å². The number of para-hydroxylation sites is 1. The van der Waals surface area contributed by atoms with Crippen LogP contribution in [0.4, 0.5) is 5.69 Å². The SMILES string of the molecule is Cc1nnc(SCC(=O)N(c2ccccc2)C(C)C)n1CC(N)=O. The van der Waals surface area contributed by atoms with Gasteiger partial charge in [0, 0.05) is 11.7 Å². The molecule has 7 nitrogen and oxygen atoms in total. The minimum Gasteiger partial charge on any atom is -0.368 e. The molecule has 24 heavy (non-hydrogen) atoms. The number of carbonyl (C=O) groups excluding carboxylic acids is 2. The molecule has 2 amide bonds. The van der Waals surface area contributed by atoms with Crippen LogP contribution in [0.25, 0.3) is 0 Å². The number of thioether (sulfide) groups is 1. The number of carbonyl (C=O) groups is 2. The Bertz CT molecular complexity index is 715. The molecule has 0 saturated carbocycles. The van der Waals surface area contributed by atoms with Gasteiger partial charge in [0.2, 0.25) is 11.8 Å². The molecule has 0 aliphatic carbocycles. The lowest BCUT2D eigenvalue weighted by Gasteiger charge is -2.26. The molecule has 2 rings (SSSR count). The quantitative estimate of drug-likeness (QED) is 0.768. The van der Waals surface area contributed by atoms with Crippen LogP contribution in [0.3, 0.4) is 0 Å². The first kappa shape index (κ1) is 18.0. The van der Waals surface area contributed by atoms with Crippen molar-refractivity contribution in [3.8, 4) is 0 Å². The summed E-state index contributed by atoms with van der Waals surface area (Å²) in [7, 11) is 0. The van der Waals surface area contributed by atoms with Crippen molar-refractivity contribution in [2.45, 2.75) is 38.5 Å². The molecule has 1 aromatic heterocycles. The number of nitrogens with two attached hydrogens (primary N) is 1. The van der Waals surface area contributed by atoms with Crippen molar-refractivity contribution in [1.82, 2.24) is 14.8 Å². The molecule has 0 saturated heterocycles. The lowest BCUT2D eigenvalue weighted by molar-refractivity contribution is -0.118. The number of aromatic nitrogens is 3. The maximum absolute atomic E-state index is 12.7. The van der Waals surface area contributed by atoms with E-state index in [2.05, 4.69) is 10.2 Å². The minimum absolute atomic E-state index is 0.00192. The Hall–Kier alpha value is -2.35. The van der Waals surface area contributed by atoms with Crippen molar-refractivity contribution >= 4 is 29.3 Å². The maximum Gasteiger partial charge on any atom is 0.237 e. The van der Waals surface area contributed by atoms with E-state index in [9.17, 15) is 9.59 Å². The number of hydrogen-bond donors (Lipinski definition) is 1. The fraction of sp³-hybridized carbons (Fsp3) is 0.375. The first-order chi connectivity index (χ1) is 11.4. The van der Waals surface area contributed by atoms with Gasteiger partial charge in [-0.3, -0.25) is 14.2 Å². The molecule has 128 valence electrons. The second-order valence-electron chi connectivity index (χ2n) is 5.56. The van der Waals surface area contributed by atoms with Gasteiger partial charge in [0.15, 0.2) is 5.16 Å². The average molecular weight is 347 g/mol. The van der Waals surface area contributed by atoms with E-state index < -0.39 is 5.91 Å². The fourth-order valence-electron chi connectivity index (χ4n) is 2.32. The summed E-state index contributed by atoms with van der Waals surface area (Å²) in [6.07, 6.45) is 0. The van der Waals surface area contributed by atoms with Gasteiger partial charge in [-0.2, -0.15) is 0 Å². The molecule has 2 N–H and O–H groups in total. The van der Waals surface area contributed by atoms with E-state index in [1.165, 1.54) is 11.8 Å². The van der Waals surface area contributed by atoms with Crippen LogP contribution in [0.15, 0.2) is 35.5 Å². The molecule has 8 heteroatoms. The number of hydrogen-bond acceptors (Lipinski definition) is 5. The molecule has 0 fully saturated rings. The summed E-state index contributed by atoms with van der Waals surface area (Å²) in [5.74, 6) is 0.281. The number of primary amides is 1. The smallest absolute Gasteiger partial charge is 0.237 e. The molecule has 0 aliphatic heterocycles. The summed E-state index contributed by atoms with van der Waals surface area (Å²) in [6, 6.07) is 9.56. The molecule has 1 aromatic carbocycles. The summed E-state index contributed by atoms with van der Waals surface area (Å²) in [4.78, 5) is 25.6. The van der Waals surface area contributed by atoms with Crippen LogP contribution < -0.4 is 10.6 Å². The number of benzene rings is 1. The zero-order valence-corrected chi connectivity index (χ0v) is 14.8. The third kappa shape index (κ3) is 4.35. The van der Waals surface area contributed by atoms with Crippen LogP contribution in [-0.4, -0.2) is 38.4 Å². The number of nitrogens with zero attached hydrogens (tertiary/aromatic N) is 4. The van der Waals surface area contributed by atoms with Crippen LogP contribution >= 0.6 is 11.8 Å². The van der Waals surface area contributed by atoms with Gasteiger partial charge in [0.1, 0.15) is 12.4 Å². The third-order valence-corrected chi connectivity index (χ3v) is 4.31. The standard InChI is InChI=1S/C16H21N5O2S/c1-11(2)21(13-7-5-4-6-8-13)15(23)10-24-16-19-18-12(3)20(16)9-14(17)22/h4-8,11H,9-10H2,1-3H3,(H2,17,22). The fourth-order valence-corrected chi connectivity index (χ4v) is 3.16. The van der Waals surface area contributed by atoms with E-state index in [0.717, 1.165) is 5.69 Å². The maximum atomic E-state index is 12.7. The minimum atomic E-state index is -0.473. The Morgan fingerprint density at radius 3 is 2.50 bits per heavy atom. The van der Waals surface area contributed by atoms with E-state index >= 15 is 0 Å². The summed E-state index contributed by atoms with van der Waals surface area (Å²) in [5, 5.41) is 8.47. The van der Waals surface area contributed by atoms with Gasteiger partial charge in [0.05, 0.1) is 5.75 Å². The highest BCUT2D eigenvalue weighted by Gasteiger charge is 2.20. The van der Waals surface area contributed by atoms with E-state index in [4.69, 9.17) is 5.73 Å². The summed E-state index contributed by atoms with van der Waals surface area (Å²) in [5.41, 5.74) is 6.10. The van der Waals surface area contributed by atoms with E-state index in [-0.39, 0.29) is 24.2 Å². The third-order valence-electron chi connectivity index (χ3n) is 3.36. The van der Waals surface area contributed by atoms with Crippen molar-refractivity contribution < 1.29 is 9.59 Å². The predicted octanol–water partition coefficient (Wildman–Crippen LogP) is 1.61. The Kier molecular flexibility index (Phi) is 5.97. The Labute approximate surface area is 145 Å². The van der Waals surface area contributed by atoms with Crippen LogP contribution in [0.2, 0.25) is 0 Å². The largest absolute Gasteiger partial charge is 0.368 e. The number of amides is 2. The molecule has 0 atom stereocenters. The average Bonchev–Trinajstić information content (AvgIpc) is 2.86. The highest BCUT2D eigenvalue weighted by molar-refractivity contribution is 7.99. The van der Waals surface area contributed by atoms with Gasteiger partial charge >= 0.3 is 0 Å². The number of aryl methyl sites for hydroxylation is 1. The van der Waals surface area contributed by atoms with E-state index in [1.54, 1.807) is 16.4 Å². The molecular weight excluding hydrogens is 326 g/mol. The molecule has 0 radical (unpaired) electrons. The van der Waals surface area contributed by atoms with Gasteiger partial charge in [-0.25, -0.2) is 0 Å². The molecule has 2 aromatic rings. The van der Waals surface area contributed by atoms with Crippen molar-refractivity contribution in [2.24, 2.45) is 5.73 Å². The second kappa shape index (κ2) is 7.96. The lowest BCUT2D eigenvalue weighted by atomic mass is 10.2. The van der Waals surface area contributed by atoms with Crippen LogP contribution in [0.5, 0.6) is 0 Å². The number of anilines is 1. The van der Waals surface area contributed by atoms with Gasteiger partial charge in [-0.05, 0) is 32.9 Å². The molecule has 0 spiro atoms. The highest BCUT2D eigenvalue weighted by atomic mass is 32.2. The monoisotopic (exact) mass is 347 g/mol. The molecular formula is C16H21N5O2S. The normalized spacial score (nSPS) is 10.8. The summed E-state index contributed by atoms with van der Waals surface area (Å²) < 4.78 is 1.61. The van der Waals surface area contributed by atoms with Crippen LogP contribution in [-0.2, 0) is 16.1 Å². The van der Waals surface area contributed by atoms with Crippen LogP contribution in [0, 0.1) is 6.92 Å². The number of rotatable bonds is 7. The first-order valence-corrected chi connectivity index (χ1v) is 8.56. The van der Waals surface area contributed by atoms with Crippen molar-refractivity contribution in [3.63, 3.8) is 0 Å². The summed E-state index contributed by atoms with van der Waals surface area (Å²) in [6.45, 7) is 5.68. The van der Waals surface area contributed by atoms with Gasteiger partial charge < -0.3 is 10.6 Å². The van der Waals surface area contributed by atoms with Gasteiger partial charge in [0.25, 0.3) is 0 Å². The van der Waals surface area contributed by atoms with Gasteiger partial charge in [-0.1, -0.05) is 30.0 Å². The molecule has 0 bridgehead atoms. The van der Waals surface area contributed by atoms with E-state index in [1.807, 2.05) is 44.2 Å². The van der Waals surface area contributed by atoms with Crippen molar-refractivity contribution in [2.75, 3.05) is 10.7 Å². The van der Waals surface area contributed by atoms with Crippen molar-refractivity contribution in [1.29, 1.82) is 0 Å². The summed E-state index contributed by atoms with van der Waals surface area (Å²) >= 11 is 1.25. The first-order valence-electron chi connectivity index (χ1n) is 7.58. The molecule has 0 aliphatic rings. The zero-order chi connectivity index (χ0) is 17.7. The van der Waals surface area contributed by atoms with Gasteiger partial charge in [-0.15, -0.1) is 10.2 Å². The van der Waals surface area contributed by atoms with E-state index in [0.29, 0.717) is 11.0 Å². The zero-order valence-electron chi connectivity index (χ0n) is 14.0. The molecule has 1 heterocycles. The Balaban J connectivity index is 2.11. The Morgan fingerprint density at radius 1 is 1.25 bits per heavy atom. The predicted molar refractivity (Wildman–Crippen MR) is 93.7 cm³/mol. The van der Waals surface area contributed by atoms with Crippen molar-refractivity contribution in [3.05, 3.63) is 36.2 Å². The second-order valence-corrected chi connectivity index (χ2v) is 6.51. The topological polar surface area (TPSA) is 94.1 Å².